The summed E-state index contributed by atoms with van der Waals surface area (Å²) in [5, 5.41) is 8.67. The average molecular weight is 226 g/mol. The van der Waals surface area contributed by atoms with E-state index in [0.29, 0.717) is 24.8 Å². The SMILES string of the molecule is O=C(O)C(F)C1CCCc2cc(F)ccc21. The molecule has 0 aromatic heterocycles. The monoisotopic (exact) mass is 226 g/mol. The molecule has 2 unspecified atom stereocenters. The summed E-state index contributed by atoms with van der Waals surface area (Å²) in [7, 11) is 0. The minimum absolute atomic E-state index is 0.356. The Kier molecular flexibility index (Phi) is 2.90. The molecule has 2 atom stereocenters. The second kappa shape index (κ2) is 4.20. The molecule has 2 rings (SSSR count). The number of fused-ring (bicyclic) bond motifs is 1. The van der Waals surface area contributed by atoms with Crippen molar-refractivity contribution < 1.29 is 18.7 Å². The first-order valence-electron chi connectivity index (χ1n) is 5.25. The lowest BCUT2D eigenvalue weighted by atomic mass is 9.80. The van der Waals surface area contributed by atoms with Crippen molar-refractivity contribution in [1.82, 2.24) is 0 Å². The van der Waals surface area contributed by atoms with E-state index in [2.05, 4.69) is 0 Å². The number of carbonyl (C=O) groups is 1. The zero-order valence-corrected chi connectivity index (χ0v) is 8.62. The highest BCUT2D eigenvalue weighted by Gasteiger charge is 2.32. The van der Waals surface area contributed by atoms with Crippen LogP contribution in [0.15, 0.2) is 18.2 Å². The zero-order chi connectivity index (χ0) is 11.7. The van der Waals surface area contributed by atoms with Crippen molar-refractivity contribution in [3.05, 3.63) is 35.1 Å². The summed E-state index contributed by atoms with van der Waals surface area (Å²) in [6.45, 7) is 0. The van der Waals surface area contributed by atoms with Gasteiger partial charge in [-0.05, 0) is 42.5 Å². The van der Waals surface area contributed by atoms with Crippen LogP contribution in [0.3, 0.4) is 0 Å². The van der Waals surface area contributed by atoms with Gasteiger partial charge >= 0.3 is 5.97 Å². The van der Waals surface area contributed by atoms with Crippen molar-refractivity contribution in [3.63, 3.8) is 0 Å². The number of hydrogen-bond acceptors (Lipinski definition) is 1. The lowest BCUT2D eigenvalue weighted by Crippen LogP contribution is -2.26. The molecular weight excluding hydrogens is 214 g/mol. The fourth-order valence-corrected chi connectivity index (χ4v) is 2.30. The van der Waals surface area contributed by atoms with Gasteiger partial charge in [0.2, 0.25) is 6.17 Å². The number of rotatable bonds is 2. The van der Waals surface area contributed by atoms with Gasteiger partial charge in [0, 0.05) is 5.92 Å². The van der Waals surface area contributed by atoms with Crippen LogP contribution in [0.2, 0.25) is 0 Å². The first-order chi connectivity index (χ1) is 7.59. The first kappa shape index (κ1) is 11.0. The van der Waals surface area contributed by atoms with Crippen LogP contribution < -0.4 is 0 Å². The largest absolute Gasteiger partial charge is 0.479 e. The Labute approximate surface area is 91.9 Å². The Hall–Kier alpha value is -1.45. The third kappa shape index (κ3) is 1.92. The molecule has 0 heterocycles. The normalized spacial score (nSPS) is 21.2. The molecule has 0 amide bonds. The van der Waals surface area contributed by atoms with E-state index in [-0.39, 0.29) is 5.82 Å². The van der Waals surface area contributed by atoms with Gasteiger partial charge in [-0.25, -0.2) is 13.6 Å². The van der Waals surface area contributed by atoms with Gasteiger partial charge in [0.25, 0.3) is 0 Å². The van der Waals surface area contributed by atoms with Crippen LogP contribution >= 0.6 is 0 Å². The summed E-state index contributed by atoms with van der Waals surface area (Å²) in [4.78, 5) is 10.6. The van der Waals surface area contributed by atoms with Crippen LogP contribution in [0, 0.1) is 5.82 Å². The standard InChI is InChI=1S/C12H12F2O2/c13-8-4-5-9-7(6-8)2-1-3-10(9)11(14)12(15)16/h4-6,10-11H,1-3H2,(H,15,16). The average Bonchev–Trinajstić information content (AvgIpc) is 2.26. The number of alkyl halides is 1. The van der Waals surface area contributed by atoms with Crippen molar-refractivity contribution in [2.75, 3.05) is 0 Å². The molecule has 2 nitrogen and oxygen atoms in total. The van der Waals surface area contributed by atoms with Gasteiger partial charge in [0.05, 0.1) is 0 Å². The highest BCUT2D eigenvalue weighted by Crippen LogP contribution is 2.35. The maximum Gasteiger partial charge on any atom is 0.338 e. The van der Waals surface area contributed by atoms with Crippen LogP contribution in [0.25, 0.3) is 0 Å². The number of hydrogen-bond donors (Lipinski definition) is 1. The first-order valence-corrected chi connectivity index (χ1v) is 5.25. The number of carboxylic acid groups (broad SMARTS) is 1. The van der Waals surface area contributed by atoms with Gasteiger partial charge in [0.1, 0.15) is 5.82 Å². The third-order valence-electron chi connectivity index (χ3n) is 3.05. The molecule has 0 fully saturated rings. The minimum atomic E-state index is -1.90. The minimum Gasteiger partial charge on any atom is -0.479 e. The van der Waals surface area contributed by atoms with Gasteiger partial charge < -0.3 is 5.11 Å². The summed E-state index contributed by atoms with van der Waals surface area (Å²) >= 11 is 0. The summed E-state index contributed by atoms with van der Waals surface area (Å²) in [5.41, 5.74) is 1.38. The molecule has 1 aliphatic rings. The topological polar surface area (TPSA) is 37.3 Å². The van der Waals surface area contributed by atoms with Crippen molar-refractivity contribution in [2.24, 2.45) is 0 Å². The molecule has 0 saturated heterocycles. The molecule has 0 aliphatic heterocycles. The molecular formula is C12H12F2O2. The molecule has 1 aromatic rings. The molecule has 0 radical (unpaired) electrons. The Morgan fingerprint density at radius 1 is 1.50 bits per heavy atom. The highest BCUT2D eigenvalue weighted by atomic mass is 19.1. The van der Waals surface area contributed by atoms with Crippen molar-refractivity contribution in [1.29, 1.82) is 0 Å². The van der Waals surface area contributed by atoms with E-state index < -0.39 is 18.1 Å². The van der Waals surface area contributed by atoms with Gasteiger partial charge in [-0.3, -0.25) is 0 Å². The second-order valence-corrected chi connectivity index (χ2v) is 4.08. The maximum absolute atomic E-state index is 13.5. The molecule has 1 aromatic carbocycles. The second-order valence-electron chi connectivity index (χ2n) is 4.08. The van der Waals surface area contributed by atoms with Crippen LogP contribution in [0.5, 0.6) is 0 Å². The lowest BCUT2D eigenvalue weighted by molar-refractivity contribution is -0.143. The molecule has 86 valence electrons. The molecule has 0 bridgehead atoms. The number of carboxylic acids is 1. The van der Waals surface area contributed by atoms with Gasteiger partial charge in [0.15, 0.2) is 0 Å². The van der Waals surface area contributed by atoms with E-state index in [1.807, 2.05) is 0 Å². The van der Waals surface area contributed by atoms with Gasteiger partial charge in [-0.1, -0.05) is 6.07 Å². The molecule has 0 spiro atoms. The van der Waals surface area contributed by atoms with Crippen LogP contribution in [0.1, 0.15) is 29.9 Å². The summed E-state index contributed by atoms with van der Waals surface area (Å²) < 4.78 is 26.5. The van der Waals surface area contributed by atoms with Gasteiger partial charge in [-0.2, -0.15) is 0 Å². The summed E-state index contributed by atoms with van der Waals surface area (Å²) in [6, 6.07) is 4.13. The third-order valence-corrected chi connectivity index (χ3v) is 3.05. The van der Waals surface area contributed by atoms with E-state index in [4.69, 9.17) is 5.11 Å². The predicted octanol–water partition coefficient (Wildman–Crippen LogP) is 2.67. The molecule has 0 saturated carbocycles. The maximum atomic E-state index is 13.5. The zero-order valence-electron chi connectivity index (χ0n) is 8.62. The smallest absolute Gasteiger partial charge is 0.338 e. The Bertz CT molecular complexity index is 417. The van der Waals surface area contributed by atoms with Crippen molar-refractivity contribution in [2.45, 2.75) is 31.4 Å². The van der Waals surface area contributed by atoms with E-state index in [0.717, 1.165) is 5.56 Å². The summed E-state index contributed by atoms with van der Waals surface area (Å²) in [5.74, 6) is -2.44. The molecule has 1 N–H and O–H groups in total. The van der Waals surface area contributed by atoms with Crippen LogP contribution in [-0.4, -0.2) is 17.2 Å². The molecule has 16 heavy (non-hydrogen) atoms. The number of halogens is 2. The Morgan fingerprint density at radius 2 is 2.25 bits per heavy atom. The van der Waals surface area contributed by atoms with Crippen molar-refractivity contribution in [3.8, 4) is 0 Å². The Morgan fingerprint density at radius 3 is 2.94 bits per heavy atom. The Balaban J connectivity index is 2.36. The summed E-state index contributed by atoms with van der Waals surface area (Å²) in [6.07, 6.45) is 0.00105. The number of benzene rings is 1. The van der Waals surface area contributed by atoms with Gasteiger partial charge in [-0.15, -0.1) is 0 Å². The number of aliphatic carboxylic acids is 1. The van der Waals surface area contributed by atoms with Crippen molar-refractivity contribution >= 4 is 5.97 Å². The fourth-order valence-electron chi connectivity index (χ4n) is 2.30. The fraction of sp³-hybridized carbons (Fsp3) is 0.417. The van der Waals surface area contributed by atoms with E-state index in [1.54, 1.807) is 0 Å². The van der Waals surface area contributed by atoms with Crippen LogP contribution in [-0.2, 0) is 11.2 Å². The van der Waals surface area contributed by atoms with E-state index >= 15 is 0 Å². The van der Waals surface area contributed by atoms with E-state index in [1.165, 1.54) is 18.2 Å². The number of aryl methyl sites for hydroxylation is 1. The molecule has 1 aliphatic carbocycles. The highest BCUT2D eigenvalue weighted by molar-refractivity contribution is 5.73. The quantitative estimate of drug-likeness (QED) is 0.841. The van der Waals surface area contributed by atoms with E-state index in [9.17, 15) is 13.6 Å². The molecule has 4 heteroatoms. The van der Waals surface area contributed by atoms with Crippen LogP contribution in [0.4, 0.5) is 8.78 Å². The lowest BCUT2D eigenvalue weighted by Gasteiger charge is -2.26. The predicted molar refractivity (Wildman–Crippen MR) is 54.6 cm³/mol.